The molecule has 2 saturated heterocycles. The number of H-pyrrole nitrogens is 1. The lowest BCUT2D eigenvalue weighted by atomic mass is 9.56. The number of urea groups is 1. The Morgan fingerprint density at radius 3 is 2.49 bits per heavy atom. The summed E-state index contributed by atoms with van der Waals surface area (Å²) in [6.07, 6.45) is 0.348. The fourth-order valence-electron chi connectivity index (χ4n) is 7.79. The van der Waals surface area contributed by atoms with E-state index in [4.69, 9.17) is 4.52 Å². The Balaban J connectivity index is 0.848. The summed E-state index contributed by atoms with van der Waals surface area (Å²) in [6.45, 7) is 7.04. The summed E-state index contributed by atoms with van der Waals surface area (Å²) in [5.41, 5.74) is 0.460. The van der Waals surface area contributed by atoms with Crippen molar-refractivity contribution < 1.29 is 40.9 Å². The highest BCUT2D eigenvalue weighted by Crippen LogP contribution is 2.57. The van der Waals surface area contributed by atoms with Crippen LogP contribution in [-0.2, 0) is 16.8 Å². The number of amides is 4. The van der Waals surface area contributed by atoms with Gasteiger partial charge < -0.3 is 9.84 Å². The van der Waals surface area contributed by atoms with Crippen LogP contribution in [0, 0.1) is 24.0 Å². The molecule has 4 amide bonds. The lowest BCUT2D eigenvalue weighted by Gasteiger charge is -2.61. The number of aromatic amines is 1. The van der Waals surface area contributed by atoms with Crippen LogP contribution in [0.2, 0.25) is 0 Å². The van der Waals surface area contributed by atoms with Crippen LogP contribution in [0.1, 0.15) is 91.0 Å². The lowest BCUT2D eigenvalue weighted by Crippen LogP contribution is -2.61. The summed E-state index contributed by atoms with van der Waals surface area (Å²) in [7, 11) is 0. The third-order valence-electron chi connectivity index (χ3n) is 11.5. The largest absolute Gasteiger partial charge is 0.401 e. The molecule has 8 rings (SSSR count). The van der Waals surface area contributed by atoms with Gasteiger partial charge in [0, 0.05) is 56.1 Å². The summed E-state index contributed by atoms with van der Waals surface area (Å²) < 4.78 is 75.9. The maximum Gasteiger partial charge on any atom is 0.401 e. The van der Waals surface area contributed by atoms with Gasteiger partial charge in [-0.25, -0.2) is 28.5 Å². The summed E-state index contributed by atoms with van der Waals surface area (Å²) >= 11 is 0. The van der Waals surface area contributed by atoms with Crippen molar-refractivity contribution in [2.45, 2.75) is 77.1 Å². The molecule has 3 fully saturated rings. The van der Waals surface area contributed by atoms with Gasteiger partial charge in [-0.05, 0) is 81.2 Å². The number of halogens is 5. The maximum absolute atomic E-state index is 15.6. The molecule has 20 heteroatoms. The predicted molar refractivity (Wildman–Crippen MR) is 198 cm³/mol. The number of alkyl halides is 3. The molecule has 59 heavy (non-hydrogen) atoms. The molecular formula is C39H38F5N11O4. The second kappa shape index (κ2) is 14.6. The zero-order valence-corrected chi connectivity index (χ0v) is 32.2. The third kappa shape index (κ3) is 7.40. The van der Waals surface area contributed by atoms with Crippen LogP contribution in [0.25, 0.3) is 22.8 Å². The van der Waals surface area contributed by atoms with Crippen molar-refractivity contribution in [3.63, 3.8) is 0 Å². The van der Waals surface area contributed by atoms with E-state index < -0.39 is 41.0 Å². The molecule has 1 atom stereocenters. The molecular weight excluding hydrogens is 781 g/mol. The second-order valence-corrected chi connectivity index (χ2v) is 15.9. The SMILES string of the molecule is Cc1nc(-c2cc(C(=O)NCc3nc(C(C)(C)C(F)(F)F)n[nH]3)on2)ncc1-c1ncc(C(C)N2CC3(CC(c4ccc(N5CCC(=O)NC5=O)c(F)c4)C3)C2)cc1F. The van der Waals surface area contributed by atoms with Gasteiger partial charge in [-0.1, -0.05) is 11.2 Å². The molecule has 1 spiro atoms. The third-order valence-corrected chi connectivity index (χ3v) is 11.5. The molecule has 4 aromatic heterocycles. The van der Waals surface area contributed by atoms with Crippen molar-refractivity contribution >= 4 is 23.5 Å². The highest BCUT2D eigenvalue weighted by molar-refractivity contribution is 6.05. The summed E-state index contributed by atoms with van der Waals surface area (Å²) in [5, 5.41) is 14.6. The van der Waals surface area contributed by atoms with E-state index in [9.17, 15) is 27.6 Å². The first-order chi connectivity index (χ1) is 27.9. The van der Waals surface area contributed by atoms with Crippen molar-refractivity contribution in [2.75, 3.05) is 24.5 Å². The Hall–Kier alpha value is -6.18. The molecule has 0 radical (unpaired) electrons. The summed E-state index contributed by atoms with van der Waals surface area (Å²) in [6, 6.07) is 6.94. The monoisotopic (exact) mass is 819 g/mol. The van der Waals surface area contributed by atoms with E-state index in [1.54, 1.807) is 19.2 Å². The van der Waals surface area contributed by atoms with Crippen LogP contribution in [0.5, 0.6) is 0 Å². The fourth-order valence-corrected chi connectivity index (χ4v) is 7.79. The quantitative estimate of drug-likeness (QED) is 0.139. The highest BCUT2D eigenvalue weighted by atomic mass is 19.4. The van der Waals surface area contributed by atoms with Gasteiger partial charge in [0.25, 0.3) is 5.91 Å². The number of hydrogen-bond donors (Lipinski definition) is 3. The zero-order valence-electron chi connectivity index (χ0n) is 32.2. The van der Waals surface area contributed by atoms with Gasteiger partial charge in [-0.2, -0.15) is 18.3 Å². The van der Waals surface area contributed by atoms with Gasteiger partial charge in [0.2, 0.25) is 11.7 Å². The number of nitrogens with one attached hydrogen (secondary N) is 3. The Morgan fingerprint density at radius 1 is 1.05 bits per heavy atom. The van der Waals surface area contributed by atoms with Crippen molar-refractivity contribution in [1.82, 2.24) is 50.8 Å². The van der Waals surface area contributed by atoms with Crippen molar-refractivity contribution in [1.29, 1.82) is 0 Å². The molecule has 6 heterocycles. The topological polar surface area (TPSA) is 188 Å². The smallest absolute Gasteiger partial charge is 0.350 e. The lowest BCUT2D eigenvalue weighted by molar-refractivity contribution is -0.182. The van der Waals surface area contributed by atoms with Crippen molar-refractivity contribution in [3.8, 4) is 22.8 Å². The molecule has 3 aliphatic rings. The molecule has 1 aliphatic carbocycles. The van der Waals surface area contributed by atoms with Crippen LogP contribution in [-0.4, -0.2) is 83.8 Å². The van der Waals surface area contributed by atoms with Gasteiger partial charge in [-0.15, -0.1) is 0 Å². The minimum Gasteiger partial charge on any atom is -0.350 e. The van der Waals surface area contributed by atoms with E-state index >= 15 is 8.78 Å². The molecule has 1 saturated carbocycles. The predicted octanol–water partition coefficient (Wildman–Crippen LogP) is 6.06. The Bertz CT molecular complexity index is 2470. The van der Waals surface area contributed by atoms with Crippen molar-refractivity contribution in [3.05, 3.63) is 88.6 Å². The van der Waals surface area contributed by atoms with Crippen molar-refractivity contribution in [2.24, 2.45) is 5.41 Å². The molecule has 308 valence electrons. The zero-order chi connectivity index (χ0) is 42.0. The van der Waals surface area contributed by atoms with E-state index in [-0.39, 0.29) is 77.3 Å². The highest BCUT2D eigenvalue weighted by Gasteiger charge is 2.54. The molecule has 3 N–H and O–H groups in total. The number of nitrogens with zero attached hydrogens (tertiary/aromatic N) is 8. The van der Waals surface area contributed by atoms with E-state index in [1.807, 2.05) is 13.0 Å². The fraction of sp³-hybridized carbons (Fsp3) is 0.410. The average Bonchev–Trinajstić information content (AvgIpc) is 3.84. The normalized spacial score (nSPS) is 17.7. The number of rotatable bonds is 10. The molecule has 0 bridgehead atoms. The van der Waals surface area contributed by atoms with Crippen LogP contribution < -0.4 is 15.5 Å². The number of anilines is 1. The van der Waals surface area contributed by atoms with E-state index in [0.29, 0.717) is 16.8 Å². The van der Waals surface area contributed by atoms with Crippen LogP contribution >= 0.6 is 0 Å². The summed E-state index contributed by atoms with van der Waals surface area (Å²) in [5.74, 6) is -2.53. The van der Waals surface area contributed by atoms with Gasteiger partial charge in [-0.3, -0.25) is 34.8 Å². The molecule has 5 aromatic rings. The number of likely N-dealkylation sites (tertiary alicyclic amines) is 1. The van der Waals surface area contributed by atoms with E-state index in [0.717, 1.165) is 45.3 Å². The molecule has 2 aliphatic heterocycles. The van der Waals surface area contributed by atoms with E-state index in [2.05, 4.69) is 50.8 Å². The molecule has 1 aromatic carbocycles. The number of benzene rings is 1. The first-order valence-electron chi connectivity index (χ1n) is 18.8. The number of imide groups is 1. The minimum atomic E-state index is -4.58. The number of pyridine rings is 1. The van der Waals surface area contributed by atoms with E-state index in [1.165, 1.54) is 29.3 Å². The van der Waals surface area contributed by atoms with Gasteiger partial charge in [0.05, 0.1) is 17.9 Å². The minimum absolute atomic E-state index is 0.00780. The number of carbonyl (C=O) groups excluding carboxylic acids is 3. The Morgan fingerprint density at radius 2 is 1.81 bits per heavy atom. The van der Waals surface area contributed by atoms with Gasteiger partial charge in [0.1, 0.15) is 28.6 Å². The standard InChI is InChI=1S/C39H38F5N11O4/c1-19-24(15-46-33(48-19)27-11-29(59-53-27)34(57)47-16-30-49-35(52-51-30)37(3,4)39(42,43)44)32-26(41)10-22(14-45-32)20(2)54-17-38(18-54)12-23(13-38)21-5-6-28(25(40)9-21)55-8-7-31(56)50-36(55)58/h5-6,9-11,14-15,20,23H,7-8,12-13,16-18H2,1-4H3,(H,47,57)(H,49,51,52)(H,50,56,58). The first-order valence-corrected chi connectivity index (χ1v) is 18.8. The second-order valence-electron chi connectivity index (χ2n) is 15.9. The number of aromatic nitrogens is 7. The maximum atomic E-state index is 15.6. The average molecular weight is 820 g/mol. The van der Waals surface area contributed by atoms with Gasteiger partial charge in [0.15, 0.2) is 17.3 Å². The van der Waals surface area contributed by atoms with Crippen LogP contribution in [0.4, 0.5) is 32.4 Å². The first kappa shape index (κ1) is 39.6. The molecule has 15 nitrogen and oxygen atoms in total. The number of aryl methyl sites for hydroxylation is 1. The van der Waals surface area contributed by atoms with Crippen LogP contribution in [0.15, 0.2) is 47.2 Å². The number of hydrogen-bond acceptors (Lipinski definition) is 11. The Kier molecular flexibility index (Phi) is 9.79. The summed E-state index contributed by atoms with van der Waals surface area (Å²) in [4.78, 5) is 56.9. The van der Waals surface area contributed by atoms with Crippen LogP contribution in [0.3, 0.4) is 0 Å². The van der Waals surface area contributed by atoms with Gasteiger partial charge >= 0.3 is 12.2 Å². The molecule has 1 unspecified atom stereocenters. The number of carbonyl (C=O) groups is 3. The Labute approximate surface area is 333 Å².